The second-order valence-corrected chi connectivity index (χ2v) is 7.23. The smallest absolute Gasteiger partial charge is 0.123 e. The standard InChI is InChI=1S/C26H30N2O3/c1-4-13-27-23-11-12-26(29)21(16-23)18-28-22-9-7-19(8-10-22)5-6-20-14-24(30-2)17-25(15-20)31-3/h5-12,14-17,27-29H,4,13,18H2,1-3H3/b6-5+. The van der Waals surface area contributed by atoms with E-state index < -0.39 is 0 Å². The van der Waals surface area contributed by atoms with Gasteiger partial charge in [0.05, 0.1) is 14.2 Å². The maximum Gasteiger partial charge on any atom is 0.123 e. The van der Waals surface area contributed by atoms with Gasteiger partial charge in [-0.3, -0.25) is 0 Å². The summed E-state index contributed by atoms with van der Waals surface area (Å²) in [6, 6.07) is 19.6. The molecule has 162 valence electrons. The van der Waals surface area contributed by atoms with Crippen LogP contribution in [-0.2, 0) is 6.54 Å². The average molecular weight is 419 g/mol. The van der Waals surface area contributed by atoms with Crippen LogP contribution < -0.4 is 20.1 Å². The predicted octanol–water partition coefficient (Wildman–Crippen LogP) is 6.01. The molecule has 31 heavy (non-hydrogen) atoms. The van der Waals surface area contributed by atoms with Gasteiger partial charge in [0.25, 0.3) is 0 Å². The highest BCUT2D eigenvalue weighted by molar-refractivity contribution is 5.71. The molecule has 3 rings (SSSR count). The number of hydrogen-bond donors (Lipinski definition) is 3. The SMILES string of the molecule is CCCNc1ccc(O)c(CNc2ccc(/C=C/c3cc(OC)cc(OC)c3)cc2)c1. The van der Waals surface area contributed by atoms with Crippen molar-refractivity contribution in [3.05, 3.63) is 77.4 Å². The number of phenolic OH excluding ortho intramolecular Hbond substituents is 1. The van der Waals surface area contributed by atoms with Crippen LogP contribution in [0.1, 0.15) is 30.0 Å². The zero-order valence-corrected chi connectivity index (χ0v) is 18.3. The Morgan fingerprint density at radius 3 is 2.06 bits per heavy atom. The van der Waals surface area contributed by atoms with Gasteiger partial charge in [0.1, 0.15) is 17.2 Å². The third kappa shape index (κ3) is 6.44. The number of rotatable bonds is 10. The normalized spacial score (nSPS) is 10.8. The summed E-state index contributed by atoms with van der Waals surface area (Å²) in [5, 5.41) is 16.9. The van der Waals surface area contributed by atoms with Crippen LogP contribution in [0.3, 0.4) is 0 Å². The number of aromatic hydroxyl groups is 1. The molecular formula is C26H30N2O3. The van der Waals surface area contributed by atoms with Gasteiger partial charge in [-0.2, -0.15) is 0 Å². The lowest BCUT2D eigenvalue weighted by atomic mass is 10.1. The fraction of sp³-hybridized carbons (Fsp3) is 0.231. The quantitative estimate of drug-likeness (QED) is 0.278. The average Bonchev–Trinajstić information content (AvgIpc) is 2.81. The van der Waals surface area contributed by atoms with E-state index in [1.54, 1.807) is 20.3 Å². The summed E-state index contributed by atoms with van der Waals surface area (Å²) in [7, 11) is 3.29. The molecular weight excluding hydrogens is 388 g/mol. The fourth-order valence-corrected chi connectivity index (χ4v) is 3.13. The number of ether oxygens (including phenoxy) is 2. The van der Waals surface area contributed by atoms with Crippen molar-refractivity contribution < 1.29 is 14.6 Å². The Balaban J connectivity index is 1.63. The molecule has 0 spiro atoms. The van der Waals surface area contributed by atoms with Crippen molar-refractivity contribution in [1.82, 2.24) is 0 Å². The van der Waals surface area contributed by atoms with Crippen molar-refractivity contribution in [1.29, 1.82) is 0 Å². The first kappa shape index (κ1) is 22.1. The molecule has 0 bridgehead atoms. The maximum atomic E-state index is 10.1. The topological polar surface area (TPSA) is 62.8 Å². The van der Waals surface area contributed by atoms with E-state index >= 15 is 0 Å². The highest BCUT2D eigenvalue weighted by atomic mass is 16.5. The Bertz CT molecular complexity index is 991. The Morgan fingerprint density at radius 1 is 0.774 bits per heavy atom. The molecule has 0 atom stereocenters. The van der Waals surface area contributed by atoms with Gasteiger partial charge in [-0.15, -0.1) is 0 Å². The van der Waals surface area contributed by atoms with Gasteiger partial charge in [0, 0.05) is 36.1 Å². The molecule has 0 aliphatic rings. The highest BCUT2D eigenvalue weighted by Gasteiger charge is 2.03. The molecule has 3 N–H and O–H groups in total. The van der Waals surface area contributed by atoms with Crippen LogP contribution in [-0.4, -0.2) is 25.9 Å². The number of phenols is 1. The van der Waals surface area contributed by atoms with E-state index in [0.717, 1.165) is 52.5 Å². The Kier molecular flexibility index (Phi) is 7.82. The zero-order valence-electron chi connectivity index (χ0n) is 18.3. The molecule has 5 heteroatoms. The third-order valence-electron chi connectivity index (χ3n) is 4.89. The van der Waals surface area contributed by atoms with Gasteiger partial charge < -0.3 is 25.2 Å². The van der Waals surface area contributed by atoms with Crippen LogP contribution in [0.25, 0.3) is 12.2 Å². The van der Waals surface area contributed by atoms with Gasteiger partial charge >= 0.3 is 0 Å². The summed E-state index contributed by atoms with van der Waals surface area (Å²) in [4.78, 5) is 0. The number of nitrogens with one attached hydrogen (secondary N) is 2. The molecule has 0 aromatic heterocycles. The molecule has 0 saturated heterocycles. The zero-order chi connectivity index (χ0) is 22.1. The van der Waals surface area contributed by atoms with E-state index in [9.17, 15) is 5.11 Å². The molecule has 3 aromatic carbocycles. The Morgan fingerprint density at radius 2 is 1.42 bits per heavy atom. The number of hydrogen-bond acceptors (Lipinski definition) is 5. The second-order valence-electron chi connectivity index (χ2n) is 7.23. The molecule has 0 heterocycles. The van der Waals surface area contributed by atoms with Crippen molar-refractivity contribution in [3.8, 4) is 17.2 Å². The van der Waals surface area contributed by atoms with E-state index in [4.69, 9.17) is 9.47 Å². The lowest BCUT2D eigenvalue weighted by molar-refractivity contribution is 0.394. The summed E-state index contributed by atoms with van der Waals surface area (Å²) in [5.74, 6) is 1.81. The van der Waals surface area contributed by atoms with Crippen LogP contribution in [0, 0.1) is 0 Å². The lowest BCUT2D eigenvalue weighted by Gasteiger charge is -2.11. The number of methoxy groups -OCH3 is 2. The van der Waals surface area contributed by atoms with Gasteiger partial charge in [0.2, 0.25) is 0 Å². The summed E-state index contributed by atoms with van der Waals surface area (Å²) in [6.07, 6.45) is 5.13. The molecule has 0 saturated carbocycles. The Hall–Kier alpha value is -3.60. The van der Waals surface area contributed by atoms with E-state index in [-0.39, 0.29) is 0 Å². The molecule has 5 nitrogen and oxygen atoms in total. The van der Waals surface area contributed by atoms with Crippen LogP contribution in [0.2, 0.25) is 0 Å². The van der Waals surface area contributed by atoms with E-state index in [2.05, 4.69) is 29.7 Å². The minimum Gasteiger partial charge on any atom is -0.508 e. The van der Waals surface area contributed by atoms with Crippen LogP contribution in [0.4, 0.5) is 11.4 Å². The van der Waals surface area contributed by atoms with E-state index in [1.165, 1.54) is 0 Å². The minimum absolute atomic E-state index is 0.294. The first-order valence-electron chi connectivity index (χ1n) is 10.4. The van der Waals surface area contributed by atoms with E-state index in [0.29, 0.717) is 12.3 Å². The molecule has 0 fully saturated rings. The van der Waals surface area contributed by atoms with Crippen molar-refractivity contribution in [2.45, 2.75) is 19.9 Å². The van der Waals surface area contributed by atoms with Crippen molar-refractivity contribution in [3.63, 3.8) is 0 Å². The van der Waals surface area contributed by atoms with Crippen molar-refractivity contribution in [2.24, 2.45) is 0 Å². The van der Waals surface area contributed by atoms with E-state index in [1.807, 2.05) is 54.6 Å². The maximum absolute atomic E-state index is 10.1. The largest absolute Gasteiger partial charge is 0.508 e. The summed E-state index contributed by atoms with van der Waals surface area (Å²) >= 11 is 0. The highest BCUT2D eigenvalue weighted by Crippen LogP contribution is 2.25. The van der Waals surface area contributed by atoms with Gasteiger partial charge in [-0.25, -0.2) is 0 Å². The molecule has 0 radical (unpaired) electrons. The minimum atomic E-state index is 0.294. The summed E-state index contributed by atoms with van der Waals surface area (Å²) in [6.45, 7) is 3.59. The van der Waals surface area contributed by atoms with Crippen molar-refractivity contribution in [2.75, 3.05) is 31.4 Å². The lowest BCUT2D eigenvalue weighted by Crippen LogP contribution is -2.03. The predicted molar refractivity (Wildman–Crippen MR) is 129 cm³/mol. The van der Waals surface area contributed by atoms with Gasteiger partial charge in [-0.05, 0) is 60.0 Å². The molecule has 0 aliphatic heterocycles. The number of anilines is 2. The van der Waals surface area contributed by atoms with Gasteiger partial charge in [-0.1, -0.05) is 31.2 Å². The molecule has 0 unspecified atom stereocenters. The molecule has 0 amide bonds. The first-order valence-corrected chi connectivity index (χ1v) is 10.4. The van der Waals surface area contributed by atoms with Crippen LogP contribution in [0.15, 0.2) is 60.7 Å². The first-order chi connectivity index (χ1) is 15.1. The van der Waals surface area contributed by atoms with Crippen molar-refractivity contribution >= 4 is 23.5 Å². The van der Waals surface area contributed by atoms with Crippen LogP contribution in [0.5, 0.6) is 17.2 Å². The van der Waals surface area contributed by atoms with Gasteiger partial charge in [0.15, 0.2) is 0 Å². The summed E-state index contributed by atoms with van der Waals surface area (Å²) < 4.78 is 10.6. The monoisotopic (exact) mass is 418 g/mol. The summed E-state index contributed by atoms with van der Waals surface area (Å²) in [5.41, 5.74) is 4.96. The fourth-order valence-electron chi connectivity index (χ4n) is 3.13. The third-order valence-corrected chi connectivity index (χ3v) is 4.89. The molecule has 0 aliphatic carbocycles. The second kappa shape index (κ2) is 11.0. The number of benzene rings is 3. The van der Waals surface area contributed by atoms with Crippen LogP contribution >= 0.6 is 0 Å². The molecule has 3 aromatic rings. The Labute approximate surface area is 184 Å².